The minimum absolute atomic E-state index is 0.0330. The number of ether oxygens (including phenoxy) is 1. The number of benzene rings is 1. The summed E-state index contributed by atoms with van der Waals surface area (Å²) in [4.78, 5) is 13.9. The highest BCUT2D eigenvalue weighted by atomic mass is 19.1. The number of hydrazine groups is 1. The van der Waals surface area contributed by atoms with Gasteiger partial charge in [-0.1, -0.05) is 18.2 Å². The number of piperidine rings is 1. The molecule has 1 amide bonds. The molecule has 3 unspecified atom stereocenters. The lowest BCUT2D eigenvalue weighted by Gasteiger charge is -2.37. The van der Waals surface area contributed by atoms with Gasteiger partial charge in [0.2, 0.25) is 5.91 Å². The molecule has 23 heavy (non-hydrogen) atoms. The molecule has 0 radical (unpaired) electrons. The Kier molecular flexibility index (Phi) is 5.25. The monoisotopic (exact) mass is 321 g/mol. The topological polar surface area (TPSA) is 53.6 Å². The maximum Gasteiger partial charge on any atom is 0.248 e. The molecule has 2 N–H and O–H groups in total. The van der Waals surface area contributed by atoms with Crippen molar-refractivity contribution >= 4 is 5.91 Å². The largest absolute Gasteiger partial charge is 0.375 e. The summed E-state index contributed by atoms with van der Waals surface area (Å²) in [5, 5.41) is 0. The van der Waals surface area contributed by atoms with Gasteiger partial charge in [-0.25, -0.2) is 4.39 Å². The molecule has 2 aliphatic heterocycles. The first-order valence-electron chi connectivity index (χ1n) is 8.20. The number of carbonyl (C=O) groups excluding carboxylic acids is 1. The molecule has 1 aromatic carbocycles. The fourth-order valence-electron chi connectivity index (χ4n) is 3.78. The van der Waals surface area contributed by atoms with E-state index in [1.165, 1.54) is 13.2 Å². The van der Waals surface area contributed by atoms with Gasteiger partial charge in [0.15, 0.2) is 0 Å². The number of carbonyl (C=O) groups is 1. The summed E-state index contributed by atoms with van der Waals surface area (Å²) in [6.45, 7) is 2.31. The van der Waals surface area contributed by atoms with Gasteiger partial charge in [-0.3, -0.25) is 15.6 Å². The summed E-state index contributed by atoms with van der Waals surface area (Å²) in [5.74, 6) is 0.268. The minimum Gasteiger partial charge on any atom is -0.375 e. The molecule has 6 heteroatoms. The van der Waals surface area contributed by atoms with E-state index in [2.05, 4.69) is 10.9 Å². The van der Waals surface area contributed by atoms with Gasteiger partial charge in [0, 0.05) is 38.7 Å². The Morgan fingerprint density at radius 3 is 3.04 bits per heavy atom. The Labute approximate surface area is 136 Å². The van der Waals surface area contributed by atoms with Crippen molar-refractivity contribution in [3.63, 3.8) is 0 Å². The highest BCUT2D eigenvalue weighted by molar-refractivity contribution is 5.77. The zero-order chi connectivity index (χ0) is 16.2. The van der Waals surface area contributed by atoms with Gasteiger partial charge in [0.1, 0.15) is 12.4 Å². The summed E-state index contributed by atoms with van der Waals surface area (Å²) >= 11 is 0. The lowest BCUT2D eigenvalue weighted by Crippen LogP contribution is -2.49. The number of methoxy groups -OCH3 is 1. The van der Waals surface area contributed by atoms with Crippen LogP contribution >= 0.6 is 0 Å². The quantitative estimate of drug-likeness (QED) is 0.877. The van der Waals surface area contributed by atoms with Crippen LogP contribution in [0.15, 0.2) is 24.3 Å². The third-order valence-corrected chi connectivity index (χ3v) is 4.92. The zero-order valence-corrected chi connectivity index (χ0v) is 13.4. The van der Waals surface area contributed by atoms with Gasteiger partial charge < -0.3 is 9.64 Å². The number of nitrogens with zero attached hydrogens (tertiary/aromatic N) is 1. The lowest BCUT2D eigenvalue weighted by molar-refractivity contribution is -0.137. The van der Waals surface area contributed by atoms with E-state index >= 15 is 0 Å². The Bertz CT molecular complexity index is 554. The SMILES string of the molecule is COCC(=O)N1CCCC(C2NNCC2c2ccccc2F)C1. The van der Waals surface area contributed by atoms with E-state index in [1.807, 2.05) is 17.0 Å². The average molecular weight is 321 g/mol. The molecule has 2 aliphatic rings. The second-order valence-electron chi connectivity index (χ2n) is 6.35. The van der Waals surface area contributed by atoms with Gasteiger partial charge in [0.25, 0.3) is 0 Å². The van der Waals surface area contributed by atoms with Crippen LogP contribution in [-0.4, -0.2) is 50.2 Å². The third kappa shape index (κ3) is 3.54. The summed E-state index contributed by atoms with van der Waals surface area (Å²) < 4.78 is 19.1. The number of likely N-dealkylation sites (tertiary alicyclic amines) is 1. The van der Waals surface area contributed by atoms with Crippen LogP contribution in [0.2, 0.25) is 0 Å². The maximum atomic E-state index is 14.2. The van der Waals surface area contributed by atoms with Crippen LogP contribution in [0.3, 0.4) is 0 Å². The lowest BCUT2D eigenvalue weighted by atomic mass is 9.81. The van der Waals surface area contributed by atoms with Crippen molar-refractivity contribution in [3.05, 3.63) is 35.6 Å². The van der Waals surface area contributed by atoms with Crippen molar-refractivity contribution in [1.29, 1.82) is 0 Å². The first kappa shape index (κ1) is 16.4. The fraction of sp³-hybridized carbons (Fsp3) is 0.588. The second kappa shape index (κ2) is 7.38. The Hall–Kier alpha value is -1.50. The highest BCUT2D eigenvalue weighted by Crippen LogP contribution is 2.32. The van der Waals surface area contributed by atoms with Gasteiger partial charge in [-0.05, 0) is 30.4 Å². The van der Waals surface area contributed by atoms with Crippen molar-refractivity contribution in [3.8, 4) is 0 Å². The van der Waals surface area contributed by atoms with Crippen molar-refractivity contribution in [2.75, 3.05) is 33.4 Å². The van der Waals surface area contributed by atoms with Crippen molar-refractivity contribution in [2.45, 2.75) is 24.8 Å². The van der Waals surface area contributed by atoms with E-state index in [-0.39, 0.29) is 30.3 Å². The molecule has 1 aromatic rings. The molecular weight excluding hydrogens is 297 g/mol. The Balaban J connectivity index is 1.72. The van der Waals surface area contributed by atoms with Crippen LogP contribution in [0.1, 0.15) is 24.3 Å². The predicted molar refractivity (Wildman–Crippen MR) is 85.2 cm³/mol. The van der Waals surface area contributed by atoms with E-state index in [4.69, 9.17) is 4.74 Å². The molecule has 0 saturated carbocycles. The maximum absolute atomic E-state index is 14.2. The summed E-state index contributed by atoms with van der Waals surface area (Å²) in [6, 6.07) is 7.10. The molecule has 2 saturated heterocycles. The number of hydrogen-bond acceptors (Lipinski definition) is 4. The smallest absolute Gasteiger partial charge is 0.248 e. The average Bonchev–Trinajstić information content (AvgIpc) is 3.05. The molecule has 2 fully saturated rings. The molecule has 2 heterocycles. The van der Waals surface area contributed by atoms with E-state index in [0.29, 0.717) is 19.0 Å². The van der Waals surface area contributed by atoms with E-state index in [1.54, 1.807) is 6.07 Å². The number of amides is 1. The molecule has 5 nitrogen and oxygen atoms in total. The van der Waals surface area contributed by atoms with Crippen molar-refractivity contribution in [1.82, 2.24) is 15.8 Å². The summed E-state index contributed by atoms with van der Waals surface area (Å²) in [5.41, 5.74) is 7.22. The Morgan fingerprint density at radius 1 is 1.43 bits per heavy atom. The molecule has 3 rings (SSSR count). The highest BCUT2D eigenvalue weighted by Gasteiger charge is 2.38. The molecular formula is C17H24FN3O2. The molecule has 3 atom stereocenters. The van der Waals surface area contributed by atoms with Crippen LogP contribution in [-0.2, 0) is 9.53 Å². The van der Waals surface area contributed by atoms with Crippen molar-refractivity contribution in [2.24, 2.45) is 5.92 Å². The van der Waals surface area contributed by atoms with E-state index < -0.39 is 0 Å². The fourth-order valence-corrected chi connectivity index (χ4v) is 3.78. The molecule has 0 bridgehead atoms. The minimum atomic E-state index is -0.156. The zero-order valence-electron chi connectivity index (χ0n) is 13.4. The van der Waals surface area contributed by atoms with Gasteiger partial charge in [-0.2, -0.15) is 0 Å². The number of rotatable bonds is 4. The standard InChI is InChI=1S/C17H24FN3O2/c1-23-11-16(22)21-8-4-5-12(10-21)17-14(9-19-20-17)13-6-2-3-7-15(13)18/h2-3,6-7,12,14,17,19-20H,4-5,8-11H2,1H3. The van der Waals surface area contributed by atoms with Crippen LogP contribution in [0.5, 0.6) is 0 Å². The number of halogens is 1. The second-order valence-corrected chi connectivity index (χ2v) is 6.35. The normalized spacial score (nSPS) is 28.1. The van der Waals surface area contributed by atoms with Crippen LogP contribution < -0.4 is 10.9 Å². The summed E-state index contributed by atoms with van der Waals surface area (Å²) in [6.07, 6.45) is 2.02. The van der Waals surface area contributed by atoms with Crippen LogP contribution in [0.4, 0.5) is 4.39 Å². The Morgan fingerprint density at radius 2 is 2.26 bits per heavy atom. The van der Waals surface area contributed by atoms with E-state index in [9.17, 15) is 9.18 Å². The molecule has 0 aliphatic carbocycles. The van der Waals surface area contributed by atoms with Gasteiger partial charge in [0.05, 0.1) is 0 Å². The van der Waals surface area contributed by atoms with Crippen LogP contribution in [0.25, 0.3) is 0 Å². The van der Waals surface area contributed by atoms with Gasteiger partial charge >= 0.3 is 0 Å². The third-order valence-electron chi connectivity index (χ3n) is 4.92. The first-order valence-corrected chi connectivity index (χ1v) is 8.20. The molecule has 0 aromatic heterocycles. The predicted octanol–water partition coefficient (Wildman–Crippen LogP) is 1.27. The number of hydrogen-bond donors (Lipinski definition) is 2. The molecule has 126 valence electrons. The van der Waals surface area contributed by atoms with Crippen molar-refractivity contribution < 1.29 is 13.9 Å². The number of nitrogens with one attached hydrogen (secondary N) is 2. The molecule has 0 spiro atoms. The summed E-state index contributed by atoms with van der Waals surface area (Å²) in [7, 11) is 1.54. The van der Waals surface area contributed by atoms with Gasteiger partial charge in [-0.15, -0.1) is 0 Å². The van der Waals surface area contributed by atoms with E-state index in [0.717, 1.165) is 24.9 Å². The first-order chi connectivity index (χ1) is 11.2. The van der Waals surface area contributed by atoms with Crippen LogP contribution in [0, 0.1) is 11.7 Å².